The molecule has 450 valence electrons. The summed E-state index contributed by atoms with van der Waals surface area (Å²) in [7, 11) is 10.3. The Morgan fingerprint density at radius 2 is 0.405 bits per heavy atom. The average molecular weight is 1170 g/mol. The van der Waals surface area contributed by atoms with Gasteiger partial charge in [-0.1, -0.05) is 0 Å². The van der Waals surface area contributed by atoms with Crippen LogP contribution >= 0.6 is 0 Å². The Morgan fingerprint density at radius 3 is 0.536 bits per heavy atom. The first kappa shape index (κ1) is 66.2. The standard InChI is InChI=1S/C54H68N14O16/c1-55-47(77)31-19-27(20-32(39(31)69)48(78)56-2)43(73)63-9-13-67(14-10-64-44(74)28-21-33(49(79)57-3)40(70)34(22-28)50(80)58-4)17-18-68(15-11-65-45(75)29-23-35(51(81)59-5)41(71)36(24-29)52(82)60-6)16-12-66-46(76)30-25-37(53(83)61-7)42(72)38(26-30)54(84)62-8/h19-26,69-72H,9-18H2,1-8H3,(H,55,77)(H,56,78)(H,57,79)(H,58,80)(H,59,81)(H,60,82)(H,61,83)(H,62,84)(H,63,73)(H,64,74)(H,65,75)(H,66,76). The second-order valence-corrected chi connectivity index (χ2v) is 18.0. The fourth-order valence-corrected chi connectivity index (χ4v) is 8.20. The van der Waals surface area contributed by atoms with Gasteiger partial charge in [-0.25, -0.2) is 0 Å². The molecule has 4 aromatic rings. The van der Waals surface area contributed by atoms with Gasteiger partial charge in [0.1, 0.15) is 23.0 Å². The molecule has 30 heteroatoms. The number of phenols is 4. The summed E-state index contributed by atoms with van der Waals surface area (Å²) in [6, 6.07) is 8.78. The lowest BCUT2D eigenvalue weighted by Crippen LogP contribution is -2.46. The second-order valence-electron chi connectivity index (χ2n) is 18.0. The summed E-state index contributed by atoms with van der Waals surface area (Å²) in [5, 5.41) is 72.5. The molecule has 0 saturated carbocycles. The van der Waals surface area contributed by atoms with E-state index < -0.39 is 93.9 Å². The van der Waals surface area contributed by atoms with Crippen LogP contribution in [-0.4, -0.2) is 223 Å². The zero-order chi connectivity index (χ0) is 62.5. The highest BCUT2D eigenvalue weighted by Crippen LogP contribution is 2.29. The summed E-state index contributed by atoms with van der Waals surface area (Å²) in [6.45, 7) is -0.0706. The molecule has 0 atom stereocenters. The monoisotopic (exact) mass is 1170 g/mol. The maximum Gasteiger partial charge on any atom is 0.254 e. The molecular formula is C54H68N14O16. The van der Waals surface area contributed by atoms with E-state index in [4.69, 9.17) is 0 Å². The first-order valence-corrected chi connectivity index (χ1v) is 25.8. The second kappa shape index (κ2) is 31.0. The molecule has 0 saturated heterocycles. The number of rotatable bonds is 27. The molecule has 0 radical (unpaired) electrons. The molecule has 0 fully saturated rings. The van der Waals surface area contributed by atoms with Crippen molar-refractivity contribution in [3.8, 4) is 23.0 Å². The Morgan fingerprint density at radius 1 is 0.262 bits per heavy atom. The summed E-state index contributed by atoms with van der Waals surface area (Å²) in [6.07, 6.45) is 0. The predicted octanol–water partition coefficient (Wildman–Crippen LogP) is -2.99. The van der Waals surface area contributed by atoms with Crippen molar-refractivity contribution in [3.63, 3.8) is 0 Å². The lowest BCUT2D eigenvalue weighted by Gasteiger charge is -2.28. The van der Waals surface area contributed by atoms with E-state index in [9.17, 15) is 78.0 Å². The Kier molecular flexibility index (Phi) is 24.4. The smallest absolute Gasteiger partial charge is 0.254 e. The van der Waals surface area contributed by atoms with Crippen LogP contribution in [0.2, 0.25) is 0 Å². The number of amides is 12. The van der Waals surface area contributed by atoms with E-state index in [1.54, 1.807) is 9.80 Å². The lowest BCUT2D eigenvalue weighted by molar-refractivity contribution is 0.0917. The first-order valence-electron chi connectivity index (χ1n) is 25.8. The molecule has 0 spiro atoms. The van der Waals surface area contributed by atoms with Crippen LogP contribution in [0.15, 0.2) is 48.5 Å². The number of hydrogen-bond donors (Lipinski definition) is 16. The summed E-state index contributed by atoms with van der Waals surface area (Å²) < 4.78 is 0. The summed E-state index contributed by atoms with van der Waals surface area (Å²) >= 11 is 0. The van der Waals surface area contributed by atoms with Crippen molar-refractivity contribution in [2.24, 2.45) is 0 Å². The number of phenolic OH excluding ortho intramolecular Hbond substituents is 4. The molecule has 0 bridgehead atoms. The van der Waals surface area contributed by atoms with Crippen molar-refractivity contribution >= 4 is 70.9 Å². The topological polar surface area (TPSA) is 437 Å². The van der Waals surface area contributed by atoms with Crippen LogP contribution in [0.5, 0.6) is 23.0 Å². The highest BCUT2D eigenvalue weighted by molar-refractivity contribution is 6.11. The highest BCUT2D eigenvalue weighted by Gasteiger charge is 2.27. The molecule has 12 amide bonds. The molecule has 30 nitrogen and oxygen atoms in total. The Labute approximate surface area is 481 Å². The number of aromatic hydroxyl groups is 4. The molecule has 0 aromatic heterocycles. The van der Waals surface area contributed by atoms with Crippen molar-refractivity contribution in [2.45, 2.75) is 0 Å². The van der Waals surface area contributed by atoms with Crippen LogP contribution in [0.3, 0.4) is 0 Å². The van der Waals surface area contributed by atoms with Gasteiger partial charge in [-0.15, -0.1) is 0 Å². The Balaban J connectivity index is 1.69. The van der Waals surface area contributed by atoms with Crippen molar-refractivity contribution in [3.05, 3.63) is 115 Å². The predicted molar refractivity (Wildman–Crippen MR) is 302 cm³/mol. The third-order valence-electron chi connectivity index (χ3n) is 12.8. The van der Waals surface area contributed by atoms with Crippen molar-refractivity contribution < 1.29 is 78.0 Å². The SMILES string of the molecule is CNC(=O)c1cc(C(=O)NCCN(CCNC(=O)c2cc(C(=O)NC)c(O)c(C(=O)NC)c2)CCN(CCNC(=O)c2cc(C(=O)NC)c(O)c(C(=O)NC)c2)CCNC(=O)c2cc(C(=O)NC)c(O)c(C(=O)NC)c2)cc(C(=O)NC)c1O. The van der Waals surface area contributed by atoms with Crippen LogP contribution in [0.4, 0.5) is 0 Å². The maximum absolute atomic E-state index is 13.7. The van der Waals surface area contributed by atoms with Crippen molar-refractivity contribution in [2.75, 3.05) is 122 Å². The van der Waals surface area contributed by atoms with Gasteiger partial charge in [-0.3, -0.25) is 67.3 Å². The molecule has 0 aliphatic heterocycles. The number of carbonyl (C=O) groups excluding carboxylic acids is 12. The van der Waals surface area contributed by atoms with E-state index in [-0.39, 0.29) is 132 Å². The van der Waals surface area contributed by atoms with Gasteiger partial charge in [-0.2, -0.15) is 0 Å². The highest BCUT2D eigenvalue weighted by atomic mass is 16.3. The Bertz CT molecular complexity index is 2670. The quantitative estimate of drug-likeness (QED) is 0.0283. The van der Waals surface area contributed by atoms with Gasteiger partial charge in [-0.05, 0) is 48.5 Å². The van der Waals surface area contributed by atoms with Crippen LogP contribution in [0, 0.1) is 0 Å². The van der Waals surface area contributed by atoms with Gasteiger partial charge in [0.25, 0.3) is 70.9 Å². The number of carbonyl (C=O) groups is 12. The third-order valence-corrected chi connectivity index (χ3v) is 12.8. The first-order chi connectivity index (χ1) is 39.9. The number of benzene rings is 4. The van der Waals surface area contributed by atoms with Gasteiger partial charge in [0.15, 0.2) is 0 Å². The number of hydrogen-bond acceptors (Lipinski definition) is 18. The lowest BCUT2D eigenvalue weighted by atomic mass is 10.0. The molecule has 4 aromatic carbocycles. The van der Waals surface area contributed by atoms with E-state index >= 15 is 0 Å². The number of nitrogens with one attached hydrogen (secondary N) is 12. The molecule has 4 rings (SSSR count). The minimum absolute atomic E-state index is 0.0385. The van der Waals surface area contributed by atoms with Gasteiger partial charge in [0.05, 0.1) is 44.5 Å². The normalized spacial score (nSPS) is 10.6. The van der Waals surface area contributed by atoms with Gasteiger partial charge in [0, 0.05) is 144 Å². The molecule has 0 unspecified atom stereocenters. The largest absolute Gasteiger partial charge is 0.506 e. The van der Waals surface area contributed by atoms with Crippen LogP contribution in [0.1, 0.15) is 124 Å². The third kappa shape index (κ3) is 16.6. The molecular weight excluding hydrogens is 1100 g/mol. The van der Waals surface area contributed by atoms with Crippen LogP contribution in [-0.2, 0) is 0 Å². The van der Waals surface area contributed by atoms with Crippen LogP contribution in [0.25, 0.3) is 0 Å². The number of nitrogens with zero attached hydrogens (tertiary/aromatic N) is 2. The minimum atomic E-state index is -0.789. The van der Waals surface area contributed by atoms with Gasteiger partial charge < -0.3 is 84.2 Å². The Hall–Kier alpha value is -10.4. The van der Waals surface area contributed by atoms with Gasteiger partial charge in [0.2, 0.25) is 0 Å². The van der Waals surface area contributed by atoms with Gasteiger partial charge >= 0.3 is 0 Å². The molecule has 16 N–H and O–H groups in total. The molecule has 84 heavy (non-hydrogen) atoms. The van der Waals surface area contributed by atoms with Crippen molar-refractivity contribution in [1.82, 2.24) is 73.6 Å². The summed E-state index contributed by atoms with van der Waals surface area (Å²) in [5.41, 5.74) is -3.52. The maximum atomic E-state index is 13.7. The van der Waals surface area contributed by atoms with E-state index in [1.807, 2.05) is 0 Å². The van der Waals surface area contributed by atoms with Crippen LogP contribution < -0.4 is 63.8 Å². The molecule has 0 heterocycles. The van der Waals surface area contributed by atoms with E-state index in [1.165, 1.54) is 56.4 Å². The molecule has 0 aliphatic carbocycles. The summed E-state index contributed by atoms with van der Waals surface area (Å²) in [5.74, 6) is -12.0. The van der Waals surface area contributed by atoms with E-state index in [2.05, 4.69) is 63.8 Å². The fourth-order valence-electron chi connectivity index (χ4n) is 8.20. The zero-order valence-electron chi connectivity index (χ0n) is 47.3. The fraction of sp³-hybridized carbons (Fsp3) is 0.333. The van der Waals surface area contributed by atoms with E-state index in [0.717, 1.165) is 48.5 Å². The average Bonchev–Trinajstić information content (AvgIpc) is 3.18. The van der Waals surface area contributed by atoms with E-state index in [0.29, 0.717) is 0 Å². The van der Waals surface area contributed by atoms with Crippen molar-refractivity contribution in [1.29, 1.82) is 0 Å². The molecule has 0 aliphatic rings. The minimum Gasteiger partial charge on any atom is -0.506 e. The summed E-state index contributed by atoms with van der Waals surface area (Å²) in [4.78, 5) is 160. The zero-order valence-corrected chi connectivity index (χ0v) is 47.3.